The molecule has 0 fully saturated rings. The van der Waals surface area contributed by atoms with Gasteiger partial charge in [0.05, 0.1) is 15.1 Å². The molecule has 0 atom stereocenters. The van der Waals surface area contributed by atoms with Gasteiger partial charge in [-0.2, -0.15) is 0 Å². The number of nitrogens with zero attached hydrogens (tertiary/aromatic N) is 2. The number of nitrogens with one attached hydrogen (secondary N) is 1. The van der Waals surface area contributed by atoms with Crippen molar-refractivity contribution in [2.24, 2.45) is 0 Å². The van der Waals surface area contributed by atoms with E-state index >= 15 is 0 Å². The number of fused-ring (bicyclic) bond motifs is 1. The van der Waals surface area contributed by atoms with E-state index in [2.05, 4.69) is 15.0 Å². The number of hydrogen-bond acceptors (Lipinski definition) is 7. The summed E-state index contributed by atoms with van der Waals surface area (Å²) in [5.74, 6) is -4.31. The van der Waals surface area contributed by atoms with Crippen LogP contribution in [0.3, 0.4) is 0 Å². The molecule has 0 aliphatic heterocycles. The van der Waals surface area contributed by atoms with E-state index in [9.17, 15) is 28.5 Å². The van der Waals surface area contributed by atoms with E-state index in [0.717, 1.165) is 29.5 Å². The summed E-state index contributed by atoms with van der Waals surface area (Å²) in [5.41, 5.74) is -0.575. The number of anilines is 1. The highest BCUT2D eigenvalue weighted by atomic mass is 32.1. The zero-order chi connectivity index (χ0) is 19.6. The molecule has 0 spiro atoms. The van der Waals surface area contributed by atoms with Crippen LogP contribution in [0.2, 0.25) is 0 Å². The minimum absolute atomic E-state index is 0.120. The number of halogens is 2. The third-order valence-corrected chi connectivity index (χ3v) is 4.26. The largest absolute Gasteiger partial charge is 0.452 e. The second kappa shape index (κ2) is 7.41. The van der Waals surface area contributed by atoms with Gasteiger partial charge in [0, 0.05) is 12.1 Å². The summed E-state index contributed by atoms with van der Waals surface area (Å²) in [5, 5.41) is 13.2. The second-order valence-electron chi connectivity index (χ2n) is 5.15. The molecule has 0 saturated carbocycles. The quantitative estimate of drug-likeness (QED) is 0.405. The summed E-state index contributed by atoms with van der Waals surface area (Å²) in [6.07, 6.45) is 0. The molecule has 0 bridgehead atoms. The molecule has 1 N–H and O–H groups in total. The summed E-state index contributed by atoms with van der Waals surface area (Å²) < 4.78 is 32.0. The van der Waals surface area contributed by atoms with Crippen molar-refractivity contribution >= 4 is 44.2 Å². The van der Waals surface area contributed by atoms with Crippen LogP contribution in [-0.2, 0) is 9.53 Å². The number of amides is 1. The Kier molecular flexibility index (Phi) is 5.03. The highest BCUT2D eigenvalue weighted by Gasteiger charge is 2.20. The first kappa shape index (κ1) is 18.3. The first-order valence-electron chi connectivity index (χ1n) is 7.31. The highest BCUT2D eigenvalue weighted by Crippen LogP contribution is 2.29. The standard InChI is InChI=1S/C16H9F2N3O5S/c17-9-2-1-3-10(18)14(9)15(23)26-7-13(22)20-16-19-11-5-4-8(21(24)25)6-12(11)27-16/h1-6H,7H2,(H,19,20,22). The van der Waals surface area contributed by atoms with Crippen LogP contribution in [0.1, 0.15) is 10.4 Å². The predicted molar refractivity (Wildman–Crippen MR) is 91.5 cm³/mol. The molecular weight excluding hydrogens is 384 g/mol. The minimum Gasteiger partial charge on any atom is -0.452 e. The molecule has 3 aromatic rings. The van der Waals surface area contributed by atoms with Crippen molar-refractivity contribution in [1.29, 1.82) is 0 Å². The average molecular weight is 393 g/mol. The summed E-state index contributed by atoms with van der Waals surface area (Å²) in [6, 6.07) is 6.88. The molecule has 0 saturated heterocycles. The van der Waals surface area contributed by atoms with E-state index in [1.165, 1.54) is 18.2 Å². The number of rotatable bonds is 5. The fraction of sp³-hybridized carbons (Fsp3) is 0.0625. The molecule has 1 heterocycles. The Balaban J connectivity index is 1.65. The van der Waals surface area contributed by atoms with Gasteiger partial charge in [-0.05, 0) is 18.2 Å². The first-order chi connectivity index (χ1) is 12.8. The van der Waals surface area contributed by atoms with Crippen LogP contribution in [0.15, 0.2) is 36.4 Å². The maximum atomic E-state index is 13.5. The molecule has 0 radical (unpaired) electrons. The van der Waals surface area contributed by atoms with Gasteiger partial charge in [0.15, 0.2) is 11.7 Å². The molecule has 0 aliphatic rings. The molecule has 0 aliphatic carbocycles. The Morgan fingerprint density at radius 1 is 1.22 bits per heavy atom. The van der Waals surface area contributed by atoms with Crippen molar-refractivity contribution in [2.75, 3.05) is 11.9 Å². The lowest BCUT2D eigenvalue weighted by Crippen LogP contribution is -2.21. The van der Waals surface area contributed by atoms with Gasteiger partial charge in [-0.3, -0.25) is 20.2 Å². The van der Waals surface area contributed by atoms with Gasteiger partial charge < -0.3 is 4.74 Å². The van der Waals surface area contributed by atoms with Gasteiger partial charge in [-0.15, -0.1) is 0 Å². The fourth-order valence-corrected chi connectivity index (χ4v) is 3.05. The van der Waals surface area contributed by atoms with E-state index in [0.29, 0.717) is 10.2 Å². The monoisotopic (exact) mass is 393 g/mol. The Labute approximate surface area is 153 Å². The molecule has 2 aromatic carbocycles. The number of nitro groups is 1. The number of esters is 1. The molecule has 27 heavy (non-hydrogen) atoms. The van der Waals surface area contributed by atoms with E-state index in [1.54, 1.807) is 0 Å². The average Bonchev–Trinajstić information content (AvgIpc) is 3.01. The van der Waals surface area contributed by atoms with Crippen LogP contribution in [0.5, 0.6) is 0 Å². The SMILES string of the molecule is O=C(COC(=O)c1c(F)cccc1F)Nc1nc2ccc([N+](=O)[O-])cc2s1. The molecule has 1 amide bonds. The Morgan fingerprint density at radius 3 is 2.59 bits per heavy atom. The number of nitro benzene ring substituents is 1. The molecule has 0 unspecified atom stereocenters. The lowest BCUT2D eigenvalue weighted by molar-refractivity contribution is -0.384. The smallest absolute Gasteiger partial charge is 0.344 e. The van der Waals surface area contributed by atoms with Crippen molar-refractivity contribution < 1.29 is 28.0 Å². The van der Waals surface area contributed by atoms with E-state index in [1.807, 2.05) is 0 Å². The Bertz CT molecular complexity index is 1050. The molecule has 3 rings (SSSR count). The minimum atomic E-state index is -1.32. The number of ether oxygens (including phenoxy) is 1. The van der Waals surface area contributed by atoms with Crippen LogP contribution in [0, 0.1) is 21.7 Å². The zero-order valence-corrected chi connectivity index (χ0v) is 14.1. The number of benzene rings is 2. The molecule has 1 aromatic heterocycles. The predicted octanol–water partition coefficient (Wildman–Crippen LogP) is 3.28. The van der Waals surface area contributed by atoms with E-state index in [-0.39, 0.29) is 10.8 Å². The Hall–Kier alpha value is -3.47. The van der Waals surface area contributed by atoms with Gasteiger partial charge in [0.25, 0.3) is 11.6 Å². The first-order valence-corrected chi connectivity index (χ1v) is 8.13. The van der Waals surface area contributed by atoms with Crippen molar-refractivity contribution in [3.05, 3.63) is 63.7 Å². The fourth-order valence-electron chi connectivity index (χ4n) is 2.13. The number of aromatic nitrogens is 1. The number of thiazole rings is 1. The van der Waals surface area contributed by atoms with Gasteiger partial charge in [0.1, 0.15) is 17.2 Å². The lowest BCUT2D eigenvalue weighted by Gasteiger charge is -2.06. The van der Waals surface area contributed by atoms with E-state index < -0.39 is 40.6 Å². The molecule has 138 valence electrons. The summed E-state index contributed by atoms with van der Waals surface area (Å²) >= 11 is 0.985. The second-order valence-corrected chi connectivity index (χ2v) is 6.18. The normalized spacial score (nSPS) is 10.6. The zero-order valence-electron chi connectivity index (χ0n) is 13.3. The van der Waals surface area contributed by atoms with Crippen LogP contribution in [-0.4, -0.2) is 28.4 Å². The highest BCUT2D eigenvalue weighted by molar-refractivity contribution is 7.22. The topological polar surface area (TPSA) is 111 Å². The van der Waals surface area contributed by atoms with Gasteiger partial charge in [-0.25, -0.2) is 18.6 Å². The number of hydrogen-bond donors (Lipinski definition) is 1. The third-order valence-electron chi connectivity index (χ3n) is 3.33. The van der Waals surface area contributed by atoms with Gasteiger partial charge in [-0.1, -0.05) is 17.4 Å². The number of non-ortho nitro benzene ring substituents is 1. The maximum Gasteiger partial charge on any atom is 0.344 e. The summed E-state index contributed by atoms with van der Waals surface area (Å²) in [4.78, 5) is 37.9. The third kappa shape index (κ3) is 4.03. The van der Waals surface area contributed by atoms with Crippen LogP contribution < -0.4 is 5.32 Å². The maximum absolute atomic E-state index is 13.5. The van der Waals surface area contributed by atoms with Crippen LogP contribution in [0.25, 0.3) is 10.2 Å². The lowest BCUT2D eigenvalue weighted by atomic mass is 10.2. The van der Waals surface area contributed by atoms with Gasteiger partial charge in [0.2, 0.25) is 0 Å². The molecular formula is C16H9F2N3O5S. The number of carbonyl (C=O) groups excluding carboxylic acids is 2. The van der Waals surface area contributed by atoms with Crippen molar-refractivity contribution in [2.45, 2.75) is 0 Å². The van der Waals surface area contributed by atoms with E-state index in [4.69, 9.17) is 0 Å². The van der Waals surface area contributed by atoms with Crippen LogP contribution in [0.4, 0.5) is 19.6 Å². The number of carbonyl (C=O) groups is 2. The van der Waals surface area contributed by atoms with Crippen LogP contribution >= 0.6 is 11.3 Å². The van der Waals surface area contributed by atoms with Crippen molar-refractivity contribution in [1.82, 2.24) is 4.98 Å². The molecule has 8 nitrogen and oxygen atoms in total. The summed E-state index contributed by atoms with van der Waals surface area (Å²) in [7, 11) is 0. The summed E-state index contributed by atoms with van der Waals surface area (Å²) in [6.45, 7) is -0.789. The Morgan fingerprint density at radius 2 is 1.93 bits per heavy atom. The van der Waals surface area contributed by atoms with Gasteiger partial charge >= 0.3 is 5.97 Å². The van der Waals surface area contributed by atoms with Crippen molar-refractivity contribution in [3.63, 3.8) is 0 Å². The van der Waals surface area contributed by atoms with Crippen molar-refractivity contribution in [3.8, 4) is 0 Å². The molecule has 11 heteroatoms.